The fraction of sp³-hybridized carbons (Fsp3) is 0. The van der Waals surface area contributed by atoms with Gasteiger partial charge in [-0.05, 0) is 18.2 Å². The van der Waals surface area contributed by atoms with Crippen molar-refractivity contribution in [3.8, 4) is 0 Å². The van der Waals surface area contributed by atoms with E-state index in [2.05, 4.69) is 14.9 Å². The number of nitrogens with one attached hydrogen (secondary N) is 2. The number of carbonyl (C=O) groups is 1. The Morgan fingerprint density at radius 1 is 1.42 bits per heavy atom. The monoisotopic (exact) mass is 301 g/mol. The van der Waals surface area contributed by atoms with Gasteiger partial charge in [0.05, 0.1) is 16.8 Å². The number of aromatic carboxylic acids is 1. The number of aromatic amines is 1. The summed E-state index contributed by atoms with van der Waals surface area (Å²) < 4.78 is 26.0. The highest BCUT2D eigenvalue weighted by Crippen LogP contribution is 2.22. The average molecular weight is 302 g/mol. The number of carboxylic acid groups (broad SMARTS) is 1. The molecule has 0 fully saturated rings. The second-order valence-electron chi connectivity index (χ2n) is 3.54. The molecular formula is C10H8ClN3O4S. The molecule has 0 unspecified atom stereocenters. The SMILES string of the molecule is O=C(O)c1cc(NS(=O)(=O)c2cn[nH]c2)ccc1Cl. The quantitative estimate of drug-likeness (QED) is 0.793. The zero-order valence-electron chi connectivity index (χ0n) is 9.29. The zero-order valence-corrected chi connectivity index (χ0v) is 10.9. The molecule has 100 valence electrons. The van der Waals surface area contributed by atoms with Gasteiger partial charge >= 0.3 is 5.97 Å². The van der Waals surface area contributed by atoms with Crippen molar-refractivity contribution >= 4 is 33.3 Å². The summed E-state index contributed by atoms with van der Waals surface area (Å²) in [5.41, 5.74) is -0.0861. The molecule has 0 aliphatic heterocycles. The minimum absolute atomic E-state index is 0.0266. The Hall–Kier alpha value is -2.06. The highest BCUT2D eigenvalue weighted by Gasteiger charge is 2.17. The second kappa shape index (κ2) is 4.90. The third-order valence-electron chi connectivity index (χ3n) is 2.23. The van der Waals surface area contributed by atoms with Crippen molar-refractivity contribution in [1.29, 1.82) is 0 Å². The number of anilines is 1. The van der Waals surface area contributed by atoms with Crippen molar-refractivity contribution in [2.45, 2.75) is 4.90 Å². The Morgan fingerprint density at radius 3 is 2.74 bits per heavy atom. The smallest absolute Gasteiger partial charge is 0.337 e. The third kappa shape index (κ3) is 2.85. The number of hydrogen-bond donors (Lipinski definition) is 3. The maximum absolute atomic E-state index is 11.9. The summed E-state index contributed by atoms with van der Waals surface area (Å²) in [6.07, 6.45) is 2.34. The van der Waals surface area contributed by atoms with E-state index in [1.165, 1.54) is 18.3 Å². The molecule has 0 atom stereocenters. The number of halogens is 1. The van der Waals surface area contributed by atoms with Gasteiger partial charge in [-0.2, -0.15) is 5.10 Å². The van der Waals surface area contributed by atoms with Crippen LogP contribution in [0.5, 0.6) is 0 Å². The maximum atomic E-state index is 11.9. The van der Waals surface area contributed by atoms with E-state index < -0.39 is 16.0 Å². The molecule has 1 heterocycles. The summed E-state index contributed by atoms with van der Waals surface area (Å²) in [7, 11) is -3.81. The topological polar surface area (TPSA) is 112 Å². The van der Waals surface area contributed by atoms with Crippen LogP contribution in [0.2, 0.25) is 5.02 Å². The molecule has 2 aromatic rings. The molecule has 0 saturated heterocycles. The van der Waals surface area contributed by atoms with Crippen LogP contribution in [0.25, 0.3) is 0 Å². The highest BCUT2D eigenvalue weighted by atomic mass is 35.5. The first kappa shape index (κ1) is 13.4. The third-order valence-corrected chi connectivity index (χ3v) is 3.91. The Morgan fingerprint density at radius 2 is 2.16 bits per heavy atom. The van der Waals surface area contributed by atoms with E-state index >= 15 is 0 Å². The van der Waals surface area contributed by atoms with Crippen molar-refractivity contribution in [3.63, 3.8) is 0 Å². The number of sulfonamides is 1. The number of rotatable bonds is 4. The van der Waals surface area contributed by atoms with Gasteiger partial charge in [-0.15, -0.1) is 0 Å². The van der Waals surface area contributed by atoms with Gasteiger partial charge in [-0.3, -0.25) is 9.82 Å². The first-order valence-electron chi connectivity index (χ1n) is 4.94. The molecule has 1 aromatic heterocycles. The molecular weight excluding hydrogens is 294 g/mol. The Labute approximate surface area is 113 Å². The van der Waals surface area contributed by atoms with Crippen LogP contribution in [0.1, 0.15) is 10.4 Å². The van der Waals surface area contributed by atoms with Crippen molar-refractivity contribution in [1.82, 2.24) is 10.2 Å². The Bertz CT molecular complexity index is 712. The van der Waals surface area contributed by atoms with Gasteiger partial charge in [0.2, 0.25) is 0 Å². The van der Waals surface area contributed by atoms with Crippen molar-refractivity contribution in [2.75, 3.05) is 4.72 Å². The zero-order chi connectivity index (χ0) is 14.0. The van der Waals surface area contributed by atoms with E-state index in [-0.39, 0.29) is 21.2 Å². The normalized spacial score (nSPS) is 11.2. The van der Waals surface area contributed by atoms with E-state index in [4.69, 9.17) is 16.7 Å². The molecule has 7 nitrogen and oxygen atoms in total. The lowest BCUT2D eigenvalue weighted by molar-refractivity contribution is 0.0697. The van der Waals surface area contributed by atoms with Gasteiger partial charge in [0, 0.05) is 11.9 Å². The van der Waals surface area contributed by atoms with Crippen LogP contribution < -0.4 is 4.72 Å². The number of aromatic nitrogens is 2. The lowest BCUT2D eigenvalue weighted by Gasteiger charge is -2.07. The molecule has 9 heteroatoms. The molecule has 1 aromatic carbocycles. The van der Waals surface area contributed by atoms with E-state index in [1.807, 2.05) is 0 Å². The number of nitrogens with zero attached hydrogens (tertiary/aromatic N) is 1. The summed E-state index contributed by atoms with van der Waals surface area (Å²) in [6.45, 7) is 0. The molecule has 0 aliphatic carbocycles. The van der Waals surface area contributed by atoms with Crippen LogP contribution in [-0.4, -0.2) is 29.7 Å². The lowest BCUT2D eigenvalue weighted by Crippen LogP contribution is -2.12. The molecule has 0 aliphatic rings. The molecule has 0 radical (unpaired) electrons. The predicted molar refractivity (Wildman–Crippen MR) is 67.8 cm³/mol. The van der Waals surface area contributed by atoms with Gasteiger partial charge in [-0.25, -0.2) is 13.2 Å². The summed E-state index contributed by atoms with van der Waals surface area (Å²) in [6, 6.07) is 3.81. The molecule has 3 N–H and O–H groups in total. The van der Waals surface area contributed by atoms with Crippen LogP contribution in [0.15, 0.2) is 35.5 Å². The molecule has 0 saturated carbocycles. The van der Waals surface area contributed by atoms with Crippen molar-refractivity contribution < 1.29 is 18.3 Å². The van der Waals surface area contributed by atoms with E-state index in [1.54, 1.807) is 0 Å². The maximum Gasteiger partial charge on any atom is 0.337 e. The van der Waals surface area contributed by atoms with Gasteiger partial charge in [0.1, 0.15) is 4.90 Å². The van der Waals surface area contributed by atoms with E-state index in [0.717, 1.165) is 12.3 Å². The molecule has 2 rings (SSSR count). The largest absolute Gasteiger partial charge is 0.478 e. The lowest BCUT2D eigenvalue weighted by atomic mass is 10.2. The van der Waals surface area contributed by atoms with E-state index in [0.29, 0.717) is 0 Å². The standard InChI is InChI=1S/C10H8ClN3O4S/c11-9-2-1-6(3-8(9)10(15)16)14-19(17,18)7-4-12-13-5-7/h1-5,14H,(H,12,13)(H,15,16). The minimum Gasteiger partial charge on any atom is -0.478 e. The van der Waals surface area contributed by atoms with Gasteiger partial charge in [0.25, 0.3) is 10.0 Å². The fourth-order valence-electron chi connectivity index (χ4n) is 1.35. The van der Waals surface area contributed by atoms with Gasteiger partial charge in [0.15, 0.2) is 0 Å². The molecule has 0 bridgehead atoms. The fourth-order valence-corrected chi connectivity index (χ4v) is 2.51. The number of hydrogen-bond acceptors (Lipinski definition) is 4. The van der Waals surface area contributed by atoms with Crippen molar-refractivity contribution in [2.24, 2.45) is 0 Å². The minimum atomic E-state index is -3.81. The Kier molecular flexibility index (Phi) is 3.45. The predicted octanol–water partition coefficient (Wildman–Crippen LogP) is 1.56. The van der Waals surface area contributed by atoms with Crippen LogP contribution in [0.4, 0.5) is 5.69 Å². The van der Waals surface area contributed by atoms with Crippen LogP contribution in [0, 0.1) is 0 Å². The van der Waals surface area contributed by atoms with Crippen LogP contribution >= 0.6 is 11.6 Å². The number of H-pyrrole nitrogens is 1. The molecule has 0 spiro atoms. The summed E-state index contributed by atoms with van der Waals surface area (Å²) in [5, 5.41) is 14.8. The highest BCUT2D eigenvalue weighted by molar-refractivity contribution is 7.92. The molecule has 0 amide bonds. The first-order chi connectivity index (χ1) is 8.90. The van der Waals surface area contributed by atoms with E-state index in [9.17, 15) is 13.2 Å². The summed E-state index contributed by atoms with van der Waals surface area (Å²) in [4.78, 5) is 10.8. The average Bonchev–Trinajstić information content (AvgIpc) is 2.85. The first-order valence-corrected chi connectivity index (χ1v) is 6.81. The summed E-state index contributed by atoms with van der Waals surface area (Å²) >= 11 is 5.69. The number of benzene rings is 1. The van der Waals surface area contributed by atoms with Crippen LogP contribution in [-0.2, 0) is 10.0 Å². The van der Waals surface area contributed by atoms with Gasteiger partial charge < -0.3 is 5.11 Å². The van der Waals surface area contributed by atoms with Crippen molar-refractivity contribution in [3.05, 3.63) is 41.2 Å². The second-order valence-corrected chi connectivity index (χ2v) is 5.63. The van der Waals surface area contributed by atoms with Gasteiger partial charge in [-0.1, -0.05) is 11.6 Å². The molecule has 19 heavy (non-hydrogen) atoms. The number of carboxylic acids is 1. The Balaban J connectivity index is 2.35. The summed E-state index contributed by atoms with van der Waals surface area (Å²) in [5.74, 6) is -1.24. The van der Waals surface area contributed by atoms with Crippen LogP contribution in [0.3, 0.4) is 0 Å².